The molecule has 0 bridgehead atoms. The van der Waals surface area contributed by atoms with Crippen molar-refractivity contribution in [2.24, 2.45) is 0 Å². The average Bonchev–Trinajstić information content (AvgIpc) is 3.33. The van der Waals surface area contributed by atoms with Crippen LogP contribution in [0.4, 0.5) is 0 Å². The minimum atomic E-state index is 0.287. The van der Waals surface area contributed by atoms with Gasteiger partial charge in [0, 0.05) is 13.2 Å². The maximum atomic E-state index is 8.79. The van der Waals surface area contributed by atoms with Gasteiger partial charge in [-0.3, -0.25) is 0 Å². The van der Waals surface area contributed by atoms with Gasteiger partial charge in [-0.05, 0) is 111 Å². The number of aliphatic hydroxyl groups is 2. The standard InChI is InChI=1S/C15H24O2.7C7H8/c1-13-8-9-14(6-2-4-10-16)12-15(13)7-3-5-11-17;7*1-7-5-3-2-4-6-7/h8-9,12,16-17H,2-7,10-11H2,1H3;7*2-6H,1H3. The Morgan fingerprint density at radius 2 is 0.485 bits per heavy atom. The van der Waals surface area contributed by atoms with Gasteiger partial charge in [0.25, 0.3) is 0 Å². The summed E-state index contributed by atoms with van der Waals surface area (Å²) in [6.07, 6.45) is 5.98. The fraction of sp³-hybridized carbons (Fsp3) is 0.250. The number of unbranched alkanes of at least 4 members (excludes halogenated alkanes) is 2. The summed E-state index contributed by atoms with van der Waals surface area (Å²) >= 11 is 0. The van der Waals surface area contributed by atoms with Crippen molar-refractivity contribution in [3.05, 3.63) is 286 Å². The SMILES string of the molecule is Cc1ccc(CCCCO)cc1CCCCO.Cc1ccccc1.Cc1ccccc1.Cc1ccccc1.Cc1ccccc1.Cc1ccccc1.Cc1ccccc1.Cc1ccccc1. The minimum absolute atomic E-state index is 0.287. The van der Waals surface area contributed by atoms with E-state index in [4.69, 9.17) is 10.2 Å². The van der Waals surface area contributed by atoms with Crippen molar-refractivity contribution >= 4 is 0 Å². The van der Waals surface area contributed by atoms with E-state index in [2.05, 4.69) is 159 Å². The van der Waals surface area contributed by atoms with Gasteiger partial charge in [0.1, 0.15) is 0 Å². The summed E-state index contributed by atoms with van der Waals surface area (Å²) < 4.78 is 0. The van der Waals surface area contributed by atoms with Crippen LogP contribution in [-0.2, 0) is 12.8 Å². The topological polar surface area (TPSA) is 40.5 Å². The lowest BCUT2D eigenvalue weighted by molar-refractivity contribution is 0.284. The van der Waals surface area contributed by atoms with Crippen molar-refractivity contribution in [3.63, 3.8) is 0 Å². The summed E-state index contributed by atoms with van der Waals surface area (Å²) in [6, 6.07) is 78.5. The second-order valence-corrected chi connectivity index (χ2v) is 16.2. The molecule has 8 rings (SSSR count). The van der Waals surface area contributed by atoms with Gasteiger partial charge >= 0.3 is 0 Å². The predicted octanol–water partition coefficient (Wildman–Crippen LogP) is 16.6. The van der Waals surface area contributed by atoms with Gasteiger partial charge in [-0.15, -0.1) is 0 Å². The Kier molecular flexibility index (Phi) is 35.2. The van der Waals surface area contributed by atoms with E-state index in [-0.39, 0.29) is 13.2 Å². The molecule has 0 radical (unpaired) electrons. The van der Waals surface area contributed by atoms with E-state index in [1.54, 1.807) is 0 Å². The van der Waals surface area contributed by atoms with Crippen molar-refractivity contribution < 1.29 is 10.2 Å². The number of benzene rings is 8. The fourth-order valence-electron chi connectivity index (χ4n) is 5.76. The van der Waals surface area contributed by atoms with Crippen molar-refractivity contribution in [1.29, 1.82) is 0 Å². The van der Waals surface area contributed by atoms with Crippen LogP contribution in [0.25, 0.3) is 0 Å². The fourth-order valence-corrected chi connectivity index (χ4v) is 5.76. The molecule has 0 saturated carbocycles. The van der Waals surface area contributed by atoms with E-state index in [0.29, 0.717) is 0 Å². The third-order valence-corrected chi connectivity index (χ3v) is 9.72. The zero-order chi connectivity index (χ0) is 48.3. The Hall–Kier alpha value is -6.32. The van der Waals surface area contributed by atoms with E-state index in [1.165, 1.54) is 55.6 Å². The van der Waals surface area contributed by atoms with Crippen molar-refractivity contribution in [1.82, 2.24) is 0 Å². The van der Waals surface area contributed by atoms with Gasteiger partial charge < -0.3 is 10.2 Å². The Balaban J connectivity index is 0.000000389. The summed E-state index contributed by atoms with van der Waals surface area (Å²) in [5, 5.41) is 17.6. The van der Waals surface area contributed by atoms with Gasteiger partial charge in [-0.1, -0.05) is 269 Å². The minimum Gasteiger partial charge on any atom is -0.396 e. The Labute approximate surface area is 401 Å². The molecule has 0 aromatic heterocycles. The highest BCUT2D eigenvalue weighted by atomic mass is 16.3. The summed E-state index contributed by atoms with van der Waals surface area (Å²) in [5.41, 5.74) is 13.4. The van der Waals surface area contributed by atoms with Crippen LogP contribution in [0.3, 0.4) is 0 Å². The van der Waals surface area contributed by atoms with Crippen LogP contribution in [0.1, 0.15) is 81.3 Å². The zero-order valence-electron chi connectivity index (χ0n) is 41.5. The molecular weight excluding hydrogens is 801 g/mol. The molecule has 0 saturated heterocycles. The summed E-state index contributed by atoms with van der Waals surface area (Å²) in [6.45, 7) is 17.3. The van der Waals surface area contributed by atoms with Gasteiger partial charge in [0.15, 0.2) is 0 Å². The molecule has 8 aromatic carbocycles. The molecule has 66 heavy (non-hydrogen) atoms. The Bertz CT molecular complexity index is 1840. The van der Waals surface area contributed by atoms with Crippen molar-refractivity contribution in [2.75, 3.05) is 13.2 Å². The summed E-state index contributed by atoms with van der Waals surface area (Å²) in [4.78, 5) is 0. The molecule has 348 valence electrons. The van der Waals surface area contributed by atoms with E-state index >= 15 is 0 Å². The normalized spacial score (nSPS) is 9.24. The molecule has 2 heteroatoms. The lowest BCUT2D eigenvalue weighted by atomic mass is 9.98. The van der Waals surface area contributed by atoms with Crippen molar-refractivity contribution in [3.8, 4) is 0 Å². The maximum Gasteiger partial charge on any atom is 0.0431 e. The smallest absolute Gasteiger partial charge is 0.0431 e. The molecule has 0 fully saturated rings. The second-order valence-electron chi connectivity index (χ2n) is 16.2. The maximum absolute atomic E-state index is 8.79. The first-order valence-electron chi connectivity index (χ1n) is 23.5. The second kappa shape index (κ2) is 40.2. The molecule has 0 amide bonds. The molecule has 0 aliphatic rings. The first kappa shape index (κ1) is 57.7. The lowest BCUT2D eigenvalue weighted by Gasteiger charge is -2.08. The van der Waals surface area contributed by atoms with Crippen LogP contribution in [0.5, 0.6) is 0 Å². The molecule has 0 unspecified atom stereocenters. The van der Waals surface area contributed by atoms with Crippen LogP contribution in [0, 0.1) is 55.4 Å². The lowest BCUT2D eigenvalue weighted by Crippen LogP contribution is -1.95. The molecule has 0 aliphatic carbocycles. The van der Waals surface area contributed by atoms with Gasteiger partial charge in [0.05, 0.1) is 0 Å². The number of rotatable bonds is 8. The molecule has 0 aliphatic heterocycles. The molecule has 2 nitrogen and oxygen atoms in total. The Morgan fingerprint density at radius 1 is 0.258 bits per heavy atom. The summed E-state index contributed by atoms with van der Waals surface area (Å²) in [5.74, 6) is 0. The van der Waals surface area contributed by atoms with Crippen LogP contribution >= 0.6 is 0 Å². The average molecular weight is 881 g/mol. The van der Waals surface area contributed by atoms with Crippen LogP contribution < -0.4 is 0 Å². The van der Waals surface area contributed by atoms with Gasteiger partial charge in [-0.25, -0.2) is 0 Å². The van der Waals surface area contributed by atoms with Crippen LogP contribution in [-0.4, -0.2) is 23.4 Å². The quantitative estimate of drug-likeness (QED) is 0.149. The molecule has 2 N–H and O–H groups in total. The van der Waals surface area contributed by atoms with Crippen molar-refractivity contribution in [2.45, 2.75) is 93.9 Å². The monoisotopic (exact) mass is 881 g/mol. The van der Waals surface area contributed by atoms with Crippen LogP contribution in [0.15, 0.2) is 231 Å². The van der Waals surface area contributed by atoms with Gasteiger partial charge in [0.2, 0.25) is 0 Å². The molecule has 0 heterocycles. The highest BCUT2D eigenvalue weighted by Crippen LogP contribution is 2.16. The van der Waals surface area contributed by atoms with Gasteiger partial charge in [-0.2, -0.15) is 0 Å². The van der Waals surface area contributed by atoms with E-state index in [0.717, 1.165) is 38.5 Å². The highest BCUT2D eigenvalue weighted by Gasteiger charge is 2.01. The number of hydrogen-bond donors (Lipinski definition) is 2. The predicted molar refractivity (Wildman–Crippen MR) is 289 cm³/mol. The summed E-state index contributed by atoms with van der Waals surface area (Å²) in [7, 11) is 0. The number of aryl methyl sites for hydroxylation is 10. The van der Waals surface area contributed by atoms with E-state index < -0.39 is 0 Å². The largest absolute Gasteiger partial charge is 0.396 e. The first-order chi connectivity index (χ1) is 32.0. The molecular formula is C64H80O2. The Morgan fingerprint density at radius 3 is 0.682 bits per heavy atom. The number of aliphatic hydroxyl groups excluding tert-OH is 2. The highest BCUT2D eigenvalue weighted by molar-refractivity contribution is 5.31. The molecule has 0 spiro atoms. The third kappa shape index (κ3) is 35.1. The van der Waals surface area contributed by atoms with E-state index in [9.17, 15) is 0 Å². The first-order valence-corrected chi connectivity index (χ1v) is 23.5. The zero-order valence-corrected chi connectivity index (χ0v) is 41.5. The van der Waals surface area contributed by atoms with E-state index in [1.807, 2.05) is 127 Å². The molecule has 8 aromatic rings. The van der Waals surface area contributed by atoms with Crippen LogP contribution in [0.2, 0.25) is 0 Å². The third-order valence-electron chi connectivity index (χ3n) is 9.72. The molecule has 0 atom stereocenters. The number of hydrogen-bond acceptors (Lipinski definition) is 2.